The van der Waals surface area contributed by atoms with E-state index in [1.807, 2.05) is 0 Å². The van der Waals surface area contributed by atoms with Gasteiger partial charge in [0.05, 0.1) is 5.56 Å². The molecule has 0 saturated carbocycles. The van der Waals surface area contributed by atoms with Gasteiger partial charge in [-0.1, -0.05) is 32.0 Å². The Morgan fingerprint density at radius 1 is 1.08 bits per heavy atom. The van der Waals surface area contributed by atoms with Crippen LogP contribution in [0.25, 0.3) is 0 Å². The van der Waals surface area contributed by atoms with Gasteiger partial charge in [0.2, 0.25) is 5.91 Å². The number of nitrogens with one attached hydrogen (secondary N) is 1. The fourth-order valence-electron chi connectivity index (χ4n) is 2.25. The van der Waals surface area contributed by atoms with Gasteiger partial charge in [-0.15, -0.1) is 0 Å². The SMILES string of the molecule is CC(C)C(NC(=O)c1ccccc1F)C(=O)Oc1cccc(C(N)=O)c1. The molecular formula is C19H19FN2O4. The molecule has 1 unspecified atom stereocenters. The average molecular weight is 358 g/mol. The Balaban J connectivity index is 2.15. The highest BCUT2D eigenvalue weighted by Crippen LogP contribution is 2.16. The van der Waals surface area contributed by atoms with Gasteiger partial charge >= 0.3 is 5.97 Å². The third-order valence-electron chi connectivity index (χ3n) is 3.66. The molecule has 2 aromatic carbocycles. The number of carbonyl (C=O) groups is 3. The highest BCUT2D eigenvalue weighted by atomic mass is 19.1. The van der Waals surface area contributed by atoms with Gasteiger partial charge < -0.3 is 15.8 Å². The van der Waals surface area contributed by atoms with Crippen LogP contribution in [-0.4, -0.2) is 23.8 Å². The summed E-state index contributed by atoms with van der Waals surface area (Å²) in [4.78, 5) is 35.9. The molecule has 0 aromatic heterocycles. The van der Waals surface area contributed by atoms with Crippen LogP contribution in [0.4, 0.5) is 4.39 Å². The molecular weight excluding hydrogens is 339 g/mol. The largest absolute Gasteiger partial charge is 0.425 e. The summed E-state index contributed by atoms with van der Waals surface area (Å²) in [6.07, 6.45) is 0. The number of ether oxygens (including phenoxy) is 1. The molecule has 0 aliphatic rings. The second-order valence-electron chi connectivity index (χ2n) is 5.99. The van der Waals surface area contributed by atoms with Crippen molar-refractivity contribution in [2.24, 2.45) is 11.7 Å². The van der Waals surface area contributed by atoms with Gasteiger partial charge in [-0.3, -0.25) is 9.59 Å². The zero-order valence-electron chi connectivity index (χ0n) is 14.4. The van der Waals surface area contributed by atoms with Crippen LogP contribution in [0.1, 0.15) is 34.6 Å². The molecule has 2 aromatic rings. The Kier molecular flexibility index (Phi) is 6.06. The normalized spacial score (nSPS) is 11.7. The Hall–Kier alpha value is -3.22. The Morgan fingerprint density at radius 3 is 2.38 bits per heavy atom. The standard InChI is InChI=1S/C19H19FN2O4/c1-11(2)16(22-18(24)14-8-3-4-9-15(14)20)19(25)26-13-7-5-6-12(10-13)17(21)23/h3-11,16H,1-2H3,(H2,21,23)(H,22,24). The van der Waals surface area contributed by atoms with Crippen molar-refractivity contribution in [1.82, 2.24) is 5.32 Å². The lowest BCUT2D eigenvalue weighted by Gasteiger charge is -2.21. The van der Waals surface area contributed by atoms with Crippen molar-refractivity contribution in [3.8, 4) is 5.75 Å². The van der Waals surface area contributed by atoms with E-state index in [0.717, 1.165) is 6.07 Å². The van der Waals surface area contributed by atoms with Gasteiger partial charge in [-0.05, 0) is 36.2 Å². The maximum absolute atomic E-state index is 13.7. The van der Waals surface area contributed by atoms with Crippen LogP contribution in [0, 0.1) is 11.7 Å². The molecule has 0 fully saturated rings. The van der Waals surface area contributed by atoms with E-state index in [9.17, 15) is 18.8 Å². The van der Waals surface area contributed by atoms with Crippen LogP contribution in [0.5, 0.6) is 5.75 Å². The second-order valence-corrected chi connectivity index (χ2v) is 5.99. The number of esters is 1. The molecule has 0 radical (unpaired) electrons. The fourth-order valence-corrected chi connectivity index (χ4v) is 2.25. The fraction of sp³-hybridized carbons (Fsp3) is 0.211. The molecule has 0 aliphatic heterocycles. The number of halogens is 1. The Labute approximate surface area is 150 Å². The number of hydrogen-bond donors (Lipinski definition) is 2. The van der Waals surface area contributed by atoms with E-state index in [1.54, 1.807) is 13.8 Å². The van der Waals surface area contributed by atoms with Crippen molar-refractivity contribution in [1.29, 1.82) is 0 Å². The maximum atomic E-state index is 13.7. The van der Waals surface area contributed by atoms with E-state index in [4.69, 9.17) is 10.5 Å². The summed E-state index contributed by atoms with van der Waals surface area (Å²) in [5.41, 5.74) is 5.22. The van der Waals surface area contributed by atoms with Crippen LogP contribution in [-0.2, 0) is 4.79 Å². The first-order valence-corrected chi connectivity index (χ1v) is 7.96. The predicted molar refractivity (Wildman–Crippen MR) is 93.1 cm³/mol. The van der Waals surface area contributed by atoms with Crippen molar-refractivity contribution in [2.75, 3.05) is 0 Å². The van der Waals surface area contributed by atoms with Gasteiger partial charge in [-0.2, -0.15) is 0 Å². The lowest BCUT2D eigenvalue weighted by Crippen LogP contribution is -2.46. The second kappa shape index (κ2) is 8.24. The van der Waals surface area contributed by atoms with Crippen molar-refractivity contribution >= 4 is 17.8 Å². The quantitative estimate of drug-likeness (QED) is 0.611. The lowest BCUT2D eigenvalue weighted by atomic mass is 10.0. The molecule has 0 saturated heterocycles. The topological polar surface area (TPSA) is 98.5 Å². The van der Waals surface area contributed by atoms with Gasteiger partial charge in [0.15, 0.2) is 0 Å². The summed E-state index contributed by atoms with van der Waals surface area (Å²) in [7, 11) is 0. The van der Waals surface area contributed by atoms with E-state index in [-0.39, 0.29) is 22.8 Å². The molecule has 0 spiro atoms. The number of benzene rings is 2. The van der Waals surface area contributed by atoms with E-state index in [1.165, 1.54) is 42.5 Å². The van der Waals surface area contributed by atoms with Crippen molar-refractivity contribution in [3.63, 3.8) is 0 Å². The Bertz CT molecular complexity index is 836. The van der Waals surface area contributed by atoms with Crippen molar-refractivity contribution in [3.05, 3.63) is 65.5 Å². The minimum atomic E-state index is -1.00. The summed E-state index contributed by atoms with van der Waals surface area (Å²) in [5, 5.41) is 2.49. The monoisotopic (exact) mass is 358 g/mol. The summed E-state index contributed by atoms with van der Waals surface area (Å²) in [6, 6.07) is 10.3. The number of carbonyl (C=O) groups excluding carboxylic acids is 3. The van der Waals surface area contributed by atoms with E-state index < -0.39 is 29.6 Å². The van der Waals surface area contributed by atoms with E-state index >= 15 is 0 Å². The summed E-state index contributed by atoms with van der Waals surface area (Å²) in [5.74, 6) is -2.98. The molecule has 2 amide bonds. The van der Waals surface area contributed by atoms with Gasteiger partial charge in [0.25, 0.3) is 5.91 Å². The van der Waals surface area contributed by atoms with Gasteiger partial charge in [0, 0.05) is 5.56 Å². The molecule has 2 rings (SSSR count). The molecule has 7 heteroatoms. The molecule has 6 nitrogen and oxygen atoms in total. The van der Waals surface area contributed by atoms with Crippen LogP contribution >= 0.6 is 0 Å². The predicted octanol–water partition coefficient (Wildman–Crippen LogP) is 2.28. The molecule has 26 heavy (non-hydrogen) atoms. The number of rotatable bonds is 6. The minimum absolute atomic E-state index is 0.122. The van der Waals surface area contributed by atoms with Crippen LogP contribution in [0.15, 0.2) is 48.5 Å². The first-order valence-electron chi connectivity index (χ1n) is 7.96. The zero-order valence-corrected chi connectivity index (χ0v) is 14.4. The molecule has 136 valence electrons. The first-order chi connectivity index (χ1) is 12.3. The van der Waals surface area contributed by atoms with Crippen LogP contribution in [0.3, 0.4) is 0 Å². The smallest absolute Gasteiger partial charge is 0.334 e. The highest BCUT2D eigenvalue weighted by Gasteiger charge is 2.27. The van der Waals surface area contributed by atoms with Gasteiger partial charge in [0.1, 0.15) is 17.6 Å². The zero-order chi connectivity index (χ0) is 19.3. The molecule has 1 atom stereocenters. The number of primary amides is 1. The lowest BCUT2D eigenvalue weighted by molar-refractivity contribution is -0.137. The molecule has 0 aliphatic carbocycles. The van der Waals surface area contributed by atoms with E-state index in [2.05, 4.69) is 5.32 Å². The van der Waals surface area contributed by atoms with E-state index in [0.29, 0.717) is 0 Å². The number of nitrogens with two attached hydrogens (primary N) is 1. The third-order valence-corrected chi connectivity index (χ3v) is 3.66. The summed E-state index contributed by atoms with van der Waals surface area (Å²) < 4.78 is 19.0. The van der Waals surface area contributed by atoms with Gasteiger partial charge in [-0.25, -0.2) is 9.18 Å². The summed E-state index contributed by atoms with van der Waals surface area (Å²) >= 11 is 0. The molecule has 3 N–H and O–H groups in total. The Morgan fingerprint density at radius 2 is 1.77 bits per heavy atom. The first kappa shape index (κ1) is 19.1. The summed E-state index contributed by atoms with van der Waals surface area (Å²) in [6.45, 7) is 3.43. The number of hydrogen-bond acceptors (Lipinski definition) is 4. The van der Waals surface area contributed by atoms with Crippen LogP contribution in [0.2, 0.25) is 0 Å². The molecule has 0 heterocycles. The van der Waals surface area contributed by atoms with Crippen molar-refractivity contribution in [2.45, 2.75) is 19.9 Å². The molecule has 0 bridgehead atoms. The highest BCUT2D eigenvalue weighted by molar-refractivity contribution is 5.97. The maximum Gasteiger partial charge on any atom is 0.334 e. The van der Waals surface area contributed by atoms with Crippen molar-refractivity contribution < 1.29 is 23.5 Å². The van der Waals surface area contributed by atoms with Crippen LogP contribution < -0.4 is 15.8 Å². The third kappa shape index (κ3) is 4.66. The average Bonchev–Trinajstić information content (AvgIpc) is 2.59. The number of amides is 2. The minimum Gasteiger partial charge on any atom is -0.425 e.